The topological polar surface area (TPSA) is 54.9 Å². The zero-order valence-electron chi connectivity index (χ0n) is 16.2. The van der Waals surface area contributed by atoms with Gasteiger partial charge in [0, 0.05) is 22.0 Å². The van der Waals surface area contributed by atoms with Crippen molar-refractivity contribution in [1.29, 1.82) is 0 Å². The van der Waals surface area contributed by atoms with Crippen LogP contribution in [0.2, 0.25) is 0 Å². The van der Waals surface area contributed by atoms with Crippen LogP contribution in [-0.4, -0.2) is 15.9 Å². The van der Waals surface area contributed by atoms with Crippen molar-refractivity contribution in [2.75, 3.05) is 5.32 Å². The van der Waals surface area contributed by atoms with Gasteiger partial charge in [-0.15, -0.1) is 0 Å². The average Bonchev–Trinajstić information content (AvgIpc) is 2.72. The summed E-state index contributed by atoms with van der Waals surface area (Å²) in [5, 5.41) is 4.98. The predicted octanol–water partition coefficient (Wildman–Crippen LogP) is 5.69. The molecule has 0 radical (unpaired) electrons. The van der Waals surface area contributed by atoms with Gasteiger partial charge in [0.2, 0.25) is 0 Å². The molecule has 0 unspecified atom stereocenters. The number of nitrogens with zero attached hydrogens (tertiary/aromatic N) is 2. The molecule has 0 aliphatic carbocycles. The van der Waals surface area contributed by atoms with Gasteiger partial charge in [0.15, 0.2) is 0 Å². The summed E-state index contributed by atoms with van der Waals surface area (Å²) in [5.74, 6) is 0.370. The van der Waals surface area contributed by atoms with E-state index in [1.54, 1.807) is 0 Å². The standard InChI is InChI=1S/C24H23N3O/c1-3-4-5-20-14-12-17-10-11-18-13-15-21(26-23(18)22(17)25-20)27-24(28)19-8-6-16(2)7-9-19/h6-15H,3-5H2,1-2H3,(H,26,27,28). The second-order valence-corrected chi connectivity index (χ2v) is 7.13. The fraction of sp³-hybridized carbons (Fsp3) is 0.208. The lowest BCUT2D eigenvalue weighted by Crippen LogP contribution is -2.12. The normalized spacial score (nSPS) is 11.1. The summed E-state index contributed by atoms with van der Waals surface area (Å²) in [7, 11) is 0. The third-order valence-electron chi connectivity index (χ3n) is 4.92. The molecule has 1 amide bonds. The first-order valence-electron chi connectivity index (χ1n) is 9.71. The summed E-state index contributed by atoms with van der Waals surface area (Å²) in [5.41, 5.74) is 4.52. The maximum atomic E-state index is 12.5. The van der Waals surface area contributed by atoms with E-state index in [1.165, 1.54) is 0 Å². The summed E-state index contributed by atoms with van der Waals surface area (Å²) < 4.78 is 0. The highest BCUT2D eigenvalue weighted by molar-refractivity contribution is 6.06. The number of fused-ring (bicyclic) bond motifs is 3. The van der Waals surface area contributed by atoms with E-state index in [-0.39, 0.29) is 5.91 Å². The smallest absolute Gasteiger partial charge is 0.256 e. The Morgan fingerprint density at radius 1 is 0.857 bits per heavy atom. The van der Waals surface area contributed by atoms with Crippen molar-refractivity contribution in [3.63, 3.8) is 0 Å². The number of anilines is 1. The number of nitrogens with one attached hydrogen (secondary N) is 1. The highest BCUT2D eigenvalue weighted by Crippen LogP contribution is 2.25. The van der Waals surface area contributed by atoms with Crippen LogP contribution in [0.5, 0.6) is 0 Å². The number of rotatable bonds is 5. The number of amides is 1. The molecule has 28 heavy (non-hydrogen) atoms. The van der Waals surface area contributed by atoms with E-state index in [0.717, 1.165) is 52.3 Å². The third-order valence-corrected chi connectivity index (χ3v) is 4.92. The maximum Gasteiger partial charge on any atom is 0.256 e. The first-order chi connectivity index (χ1) is 13.6. The predicted molar refractivity (Wildman–Crippen MR) is 115 cm³/mol. The van der Waals surface area contributed by atoms with E-state index in [4.69, 9.17) is 9.97 Å². The molecule has 0 atom stereocenters. The number of carbonyl (C=O) groups is 1. The Hall–Kier alpha value is -3.27. The average molecular weight is 369 g/mol. The Morgan fingerprint density at radius 2 is 1.50 bits per heavy atom. The molecule has 1 N–H and O–H groups in total. The van der Waals surface area contributed by atoms with Gasteiger partial charge in [0.25, 0.3) is 5.91 Å². The SMILES string of the molecule is CCCCc1ccc2ccc3ccc(NC(=O)c4ccc(C)cc4)nc3c2n1. The monoisotopic (exact) mass is 369 g/mol. The molecular formula is C24H23N3O. The third kappa shape index (κ3) is 3.72. The van der Waals surface area contributed by atoms with E-state index < -0.39 is 0 Å². The number of pyridine rings is 2. The number of benzene rings is 2. The summed E-state index contributed by atoms with van der Waals surface area (Å²) in [6, 6.07) is 19.6. The molecule has 0 saturated carbocycles. The van der Waals surface area contributed by atoms with Gasteiger partial charge in [-0.3, -0.25) is 9.78 Å². The molecular weight excluding hydrogens is 346 g/mol. The van der Waals surface area contributed by atoms with Gasteiger partial charge in [-0.05, 0) is 50.1 Å². The van der Waals surface area contributed by atoms with Crippen molar-refractivity contribution >= 4 is 33.5 Å². The summed E-state index contributed by atoms with van der Waals surface area (Å²) >= 11 is 0. The van der Waals surface area contributed by atoms with Gasteiger partial charge in [0.1, 0.15) is 5.82 Å². The van der Waals surface area contributed by atoms with Crippen LogP contribution in [0.1, 0.15) is 41.4 Å². The van der Waals surface area contributed by atoms with Gasteiger partial charge >= 0.3 is 0 Å². The van der Waals surface area contributed by atoms with Gasteiger partial charge in [0.05, 0.1) is 11.0 Å². The molecule has 0 aliphatic heterocycles. The van der Waals surface area contributed by atoms with Gasteiger partial charge in [-0.1, -0.05) is 49.2 Å². The lowest BCUT2D eigenvalue weighted by Gasteiger charge is -2.09. The van der Waals surface area contributed by atoms with E-state index in [0.29, 0.717) is 11.4 Å². The largest absolute Gasteiger partial charge is 0.307 e. The number of aryl methyl sites for hydroxylation is 2. The van der Waals surface area contributed by atoms with Crippen LogP contribution in [-0.2, 0) is 6.42 Å². The Morgan fingerprint density at radius 3 is 2.21 bits per heavy atom. The van der Waals surface area contributed by atoms with E-state index in [9.17, 15) is 4.79 Å². The highest BCUT2D eigenvalue weighted by atomic mass is 16.1. The Bertz CT molecular complexity index is 1150. The lowest BCUT2D eigenvalue weighted by molar-refractivity contribution is 0.102. The first-order valence-corrected chi connectivity index (χ1v) is 9.71. The molecule has 0 fully saturated rings. The molecule has 2 heterocycles. The number of hydrogen-bond acceptors (Lipinski definition) is 3. The minimum atomic E-state index is -0.163. The first kappa shape index (κ1) is 18.1. The molecule has 0 aliphatic rings. The van der Waals surface area contributed by atoms with Crippen molar-refractivity contribution in [3.05, 3.63) is 77.5 Å². The second-order valence-electron chi connectivity index (χ2n) is 7.13. The van der Waals surface area contributed by atoms with Crippen LogP contribution < -0.4 is 5.32 Å². The number of unbranched alkanes of at least 4 members (excludes halogenated alkanes) is 1. The summed E-state index contributed by atoms with van der Waals surface area (Å²) in [6.07, 6.45) is 3.23. The van der Waals surface area contributed by atoms with Crippen molar-refractivity contribution in [2.24, 2.45) is 0 Å². The molecule has 4 nitrogen and oxygen atoms in total. The van der Waals surface area contributed by atoms with Gasteiger partial charge in [-0.25, -0.2) is 4.98 Å². The minimum Gasteiger partial charge on any atom is -0.307 e. The Labute approximate surface area is 164 Å². The molecule has 4 aromatic rings. The molecule has 2 aromatic carbocycles. The van der Waals surface area contributed by atoms with Crippen molar-refractivity contribution < 1.29 is 4.79 Å². The molecule has 0 saturated heterocycles. The van der Waals surface area contributed by atoms with Crippen LogP contribution >= 0.6 is 0 Å². The van der Waals surface area contributed by atoms with Crippen molar-refractivity contribution in [1.82, 2.24) is 9.97 Å². The van der Waals surface area contributed by atoms with E-state index >= 15 is 0 Å². The number of hydrogen-bond donors (Lipinski definition) is 1. The molecule has 2 aromatic heterocycles. The van der Waals surface area contributed by atoms with Crippen LogP contribution in [0, 0.1) is 6.92 Å². The van der Waals surface area contributed by atoms with Gasteiger partial charge in [-0.2, -0.15) is 0 Å². The van der Waals surface area contributed by atoms with Crippen LogP contribution in [0.3, 0.4) is 0 Å². The molecule has 4 heteroatoms. The minimum absolute atomic E-state index is 0.163. The summed E-state index contributed by atoms with van der Waals surface area (Å²) in [6.45, 7) is 4.18. The maximum absolute atomic E-state index is 12.5. The van der Waals surface area contributed by atoms with Crippen LogP contribution in [0.4, 0.5) is 5.82 Å². The molecule has 0 spiro atoms. The Kier molecular flexibility index (Phi) is 5.02. The molecule has 0 bridgehead atoms. The zero-order valence-corrected chi connectivity index (χ0v) is 16.2. The second kappa shape index (κ2) is 7.77. The lowest BCUT2D eigenvalue weighted by atomic mass is 10.1. The fourth-order valence-corrected chi connectivity index (χ4v) is 3.27. The Balaban J connectivity index is 1.70. The number of aromatic nitrogens is 2. The fourth-order valence-electron chi connectivity index (χ4n) is 3.27. The van der Waals surface area contributed by atoms with Crippen LogP contribution in [0.15, 0.2) is 60.7 Å². The molecule has 140 valence electrons. The van der Waals surface area contributed by atoms with Crippen LogP contribution in [0.25, 0.3) is 21.8 Å². The van der Waals surface area contributed by atoms with Gasteiger partial charge < -0.3 is 5.32 Å². The van der Waals surface area contributed by atoms with Crippen molar-refractivity contribution in [2.45, 2.75) is 33.1 Å². The highest BCUT2D eigenvalue weighted by Gasteiger charge is 2.10. The van der Waals surface area contributed by atoms with E-state index in [1.807, 2.05) is 49.4 Å². The number of carbonyl (C=O) groups excluding carboxylic acids is 1. The summed E-state index contributed by atoms with van der Waals surface area (Å²) in [4.78, 5) is 22.1. The zero-order chi connectivity index (χ0) is 19.5. The van der Waals surface area contributed by atoms with E-state index in [2.05, 4.69) is 30.4 Å². The quantitative estimate of drug-likeness (QED) is 0.460. The molecule has 4 rings (SSSR count). The van der Waals surface area contributed by atoms with Crippen molar-refractivity contribution in [3.8, 4) is 0 Å².